The standard InChI is InChI=1S/C10H10F2O2/c11-6-9(12)7-14-10(13)8-4-2-1-3-5-8/h1-5,9H,6-7H2. The molecule has 0 saturated carbocycles. The van der Waals surface area contributed by atoms with Gasteiger partial charge in [-0.3, -0.25) is 0 Å². The van der Waals surface area contributed by atoms with Crippen LogP contribution in [-0.4, -0.2) is 25.4 Å². The van der Waals surface area contributed by atoms with Crippen LogP contribution in [0.4, 0.5) is 8.78 Å². The molecule has 0 aromatic heterocycles. The molecule has 1 aromatic carbocycles. The van der Waals surface area contributed by atoms with Crippen molar-refractivity contribution in [2.24, 2.45) is 0 Å². The molecule has 4 heteroatoms. The second-order valence-corrected chi connectivity index (χ2v) is 2.72. The van der Waals surface area contributed by atoms with Gasteiger partial charge in [0.2, 0.25) is 0 Å². The summed E-state index contributed by atoms with van der Waals surface area (Å²) in [6.07, 6.45) is -1.73. The first-order valence-corrected chi connectivity index (χ1v) is 4.16. The van der Waals surface area contributed by atoms with E-state index in [9.17, 15) is 13.6 Å². The van der Waals surface area contributed by atoms with E-state index in [4.69, 9.17) is 0 Å². The van der Waals surface area contributed by atoms with E-state index in [1.54, 1.807) is 30.3 Å². The number of carbonyl (C=O) groups is 1. The SMILES string of the molecule is O=C(OCC(F)CF)c1ccccc1. The highest BCUT2D eigenvalue weighted by molar-refractivity contribution is 5.89. The number of halogens is 2. The Bertz CT molecular complexity index is 287. The summed E-state index contributed by atoms with van der Waals surface area (Å²) in [5, 5.41) is 0. The largest absolute Gasteiger partial charge is 0.459 e. The quantitative estimate of drug-likeness (QED) is 0.696. The Morgan fingerprint density at radius 1 is 1.36 bits per heavy atom. The lowest BCUT2D eigenvalue weighted by molar-refractivity contribution is 0.0374. The predicted molar refractivity (Wildman–Crippen MR) is 47.6 cm³/mol. The Morgan fingerprint density at radius 2 is 2.00 bits per heavy atom. The van der Waals surface area contributed by atoms with Crippen LogP contribution in [0.1, 0.15) is 10.4 Å². The zero-order valence-corrected chi connectivity index (χ0v) is 7.45. The third-order valence-electron chi connectivity index (χ3n) is 1.57. The molecular weight excluding hydrogens is 190 g/mol. The highest BCUT2D eigenvalue weighted by atomic mass is 19.2. The van der Waals surface area contributed by atoms with Crippen LogP contribution in [-0.2, 0) is 4.74 Å². The molecule has 14 heavy (non-hydrogen) atoms. The second kappa shape index (κ2) is 5.32. The van der Waals surface area contributed by atoms with Crippen molar-refractivity contribution in [2.75, 3.05) is 13.3 Å². The van der Waals surface area contributed by atoms with Gasteiger partial charge in [-0.1, -0.05) is 18.2 Å². The summed E-state index contributed by atoms with van der Waals surface area (Å²) in [6.45, 7) is -1.67. The van der Waals surface area contributed by atoms with Gasteiger partial charge in [0, 0.05) is 0 Å². The van der Waals surface area contributed by atoms with Gasteiger partial charge < -0.3 is 4.74 Å². The van der Waals surface area contributed by atoms with Gasteiger partial charge >= 0.3 is 5.97 Å². The first-order valence-electron chi connectivity index (χ1n) is 4.16. The molecule has 0 saturated heterocycles. The van der Waals surface area contributed by atoms with Gasteiger partial charge in [0.25, 0.3) is 0 Å². The lowest BCUT2D eigenvalue weighted by Crippen LogP contribution is -2.16. The maximum atomic E-state index is 12.4. The third-order valence-corrected chi connectivity index (χ3v) is 1.57. The molecule has 1 aromatic rings. The van der Waals surface area contributed by atoms with Crippen LogP contribution in [0, 0.1) is 0 Å². The van der Waals surface area contributed by atoms with Crippen LogP contribution in [0.5, 0.6) is 0 Å². The minimum absolute atomic E-state index is 0.332. The number of carbonyl (C=O) groups excluding carboxylic acids is 1. The number of hydrogen-bond donors (Lipinski definition) is 0. The summed E-state index contributed by atoms with van der Waals surface area (Å²) < 4.78 is 28.6. The third kappa shape index (κ3) is 3.12. The summed E-state index contributed by atoms with van der Waals surface area (Å²) in [6, 6.07) is 8.17. The van der Waals surface area contributed by atoms with Crippen molar-refractivity contribution in [1.29, 1.82) is 0 Å². The maximum absolute atomic E-state index is 12.4. The molecule has 0 amide bonds. The highest BCUT2D eigenvalue weighted by Gasteiger charge is 2.11. The fourth-order valence-electron chi connectivity index (χ4n) is 0.868. The number of rotatable bonds is 4. The van der Waals surface area contributed by atoms with Crippen LogP contribution in [0.3, 0.4) is 0 Å². The fraction of sp³-hybridized carbons (Fsp3) is 0.300. The van der Waals surface area contributed by atoms with E-state index >= 15 is 0 Å². The Kier molecular flexibility index (Phi) is 4.04. The number of esters is 1. The summed E-state index contributed by atoms with van der Waals surface area (Å²) in [5.74, 6) is -0.637. The van der Waals surface area contributed by atoms with E-state index in [-0.39, 0.29) is 0 Å². The molecule has 0 heterocycles. The maximum Gasteiger partial charge on any atom is 0.338 e. The van der Waals surface area contributed by atoms with Gasteiger partial charge in [-0.25, -0.2) is 13.6 Å². The average Bonchev–Trinajstić information content (AvgIpc) is 2.26. The molecule has 0 radical (unpaired) electrons. The average molecular weight is 200 g/mol. The Hall–Kier alpha value is -1.45. The summed E-state index contributed by atoms with van der Waals surface area (Å²) >= 11 is 0. The molecule has 0 bridgehead atoms. The van der Waals surface area contributed by atoms with E-state index in [1.807, 2.05) is 0 Å². The van der Waals surface area contributed by atoms with Crippen molar-refractivity contribution in [1.82, 2.24) is 0 Å². The van der Waals surface area contributed by atoms with Gasteiger partial charge in [0.05, 0.1) is 5.56 Å². The zero-order valence-electron chi connectivity index (χ0n) is 7.45. The van der Waals surface area contributed by atoms with Gasteiger partial charge in [-0.05, 0) is 12.1 Å². The van der Waals surface area contributed by atoms with Crippen LogP contribution in [0.15, 0.2) is 30.3 Å². The van der Waals surface area contributed by atoms with Crippen LogP contribution >= 0.6 is 0 Å². The van der Waals surface area contributed by atoms with Crippen molar-refractivity contribution < 1.29 is 18.3 Å². The lowest BCUT2D eigenvalue weighted by atomic mass is 10.2. The van der Waals surface area contributed by atoms with Gasteiger partial charge in [-0.2, -0.15) is 0 Å². The Balaban J connectivity index is 2.44. The second-order valence-electron chi connectivity index (χ2n) is 2.72. The lowest BCUT2D eigenvalue weighted by Gasteiger charge is -2.05. The number of hydrogen-bond acceptors (Lipinski definition) is 2. The van der Waals surface area contributed by atoms with E-state index < -0.39 is 25.4 Å². The van der Waals surface area contributed by atoms with E-state index in [2.05, 4.69) is 4.74 Å². The van der Waals surface area contributed by atoms with Gasteiger partial charge in [0.15, 0.2) is 6.17 Å². The van der Waals surface area contributed by atoms with E-state index in [1.165, 1.54) is 0 Å². The van der Waals surface area contributed by atoms with Crippen molar-refractivity contribution in [3.8, 4) is 0 Å². The number of ether oxygens (including phenoxy) is 1. The first-order chi connectivity index (χ1) is 6.74. The Labute approximate surface area is 80.5 Å². The molecule has 76 valence electrons. The zero-order chi connectivity index (χ0) is 10.4. The van der Waals surface area contributed by atoms with Crippen molar-refractivity contribution in [3.05, 3.63) is 35.9 Å². The summed E-state index contributed by atoms with van der Waals surface area (Å²) in [5.41, 5.74) is 0.332. The topological polar surface area (TPSA) is 26.3 Å². The number of alkyl halides is 2. The molecule has 0 aliphatic rings. The van der Waals surface area contributed by atoms with Gasteiger partial charge in [-0.15, -0.1) is 0 Å². The van der Waals surface area contributed by atoms with E-state index in [0.29, 0.717) is 5.56 Å². The highest BCUT2D eigenvalue weighted by Crippen LogP contribution is 2.02. The summed E-state index contributed by atoms with van der Waals surface area (Å²) in [4.78, 5) is 11.2. The normalized spacial score (nSPS) is 12.1. The fourth-order valence-corrected chi connectivity index (χ4v) is 0.868. The monoisotopic (exact) mass is 200 g/mol. The molecule has 0 fully saturated rings. The van der Waals surface area contributed by atoms with Crippen molar-refractivity contribution in [3.63, 3.8) is 0 Å². The summed E-state index contributed by atoms with van der Waals surface area (Å²) in [7, 11) is 0. The van der Waals surface area contributed by atoms with Crippen LogP contribution in [0.25, 0.3) is 0 Å². The molecule has 0 N–H and O–H groups in total. The molecule has 1 rings (SSSR count). The number of benzene rings is 1. The smallest absolute Gasteiger partial charge is 0.338 e. The molecule has 0 aliphatic carbocycles. The van der Waals surface area contributed by atoms with Gasteiger partial charge in [0.1, 0.15) is 13.3 Å². The van der Waals surface area contributed by atoms with E-state index in [0.717, 1.165) is 0 Å². The van der Waals surface area contributed by atoms with Crippen LogP contribution in [0.2, 0.25) is 0 Å². The first kappa shape index (κ1) is 10.6. The Morgan fingerprint density at radius 3 is 2.57 bits per heavy atom. The molecule has 2 nitrogen and oxygen atoms in total. The van der Waals surface area contributed by atoms with Crippen molar-refractivity contribution in [2.45, 2.75) is 6.17 Å². The van der Waals surface area contributed by atoms with Crippen LogP contribution < -0.4 is 0 Å². The molecule has 1 atom stereocenters. The molecular formula is C10H10F2O2. The molecule has 0 spiro atoms. The van der Waals surface area contributed by atoms with Crippen molar-refractivity contribution >= 4 is 5.97 Å². The molecule has 1 unspecified atom stereocenters. The minimum atomic E-state index is -1.73. The minimum Gasteiger partial charge on any atom is -0.459 e. The predicted octanol–water partition coefficient (Wildman–Crippen LogP) is 2.15. The molecule has 0 aliphatic heterocycles.